The van der Waals surface area contributed by atoms with Crippen LogP contribution < -0.4 is 14.8 Å². The molecule has 0 radical (unpaired) electrons. The first-order valence-corrected chi connectivity index (χ1v) is 14.9. The van der Waals surface area contributed by atoms with E-state index in [1.807, 2.05) is 41.8 Å². The van der Waals surface area contributed by atoms with E-state index in [9.17, 15) is 9.59 Å². The summed E-state index contributed by atoms with van der Waals surface area (Å²) in [6.07, 6.45) is 5.32. The number of amides is 2. The highest BCUT2D eigenvalue weighted by molar-refractivity contribution is 7.10. The molecule has 2 aromatic heterocycles. The van der Waals surface area contributed by atoms with Crippen LogP contribution in [-0.4, -0.2) is 60.8 Å². The molecule has 2 amide bonds. The van der Waals surface area contributed by atoms with Crippen molar-refractivity contribution in [3.05, 3.63) is 69.8 Å². The Morgan fingerprint density at radius 1 is 1.02 bits per heavy atom. The Balaban J connectivity index is 1.30. The van der Waals surface area contributed by atoms with Crippen LogP contribution in [0.25, 0.3) is 0 Å². The van der Waals surface area contributed by atoms with Crippen LogP contribution in [0.5, 0.6) is 11.5 Å². The number of fused-ring (bicyclic) bond motifs is 1. The summed E-state index contributed by atoms with van der Waals surface area (Å²) in [6.45, 7) is 4.00. The van der Waals surface area contributed by atoms with Gasteiger partial charge in [0.2, 0.25) is 12.7 Å². The smallest absolute Gasteiger partial charge is 0.290 e. The topological polar surface area (TPSA) is 93.5 Å². The number of hydrogen-bond donors (Lipinski definition) is 1. The summed E-state index contributed by atoms with van der Waals surface area (Å²) < 4.78 is 22.6. The predicted octanol–water partition coefficient (Wildman–Crippen LogP) is 4.73. The van der Waals surface area contributed by atoms with E-state index < -0.39 is 6.04 Å². The van der Waals surface area contributed by atoms with Crippen molar-refractivity contribution in [1.82, 2.24) is 15.1 Å². The number of nitrogens with zero attached hydrogens (tertiary/aromatic N) is 2. The van der Waals surface area contributed by atoms with Gasteiger partial charge in [0.1, 0.15) is 11.8 Å². The van der Waals surface area contributed by atoms with Gasteiger partial charge in [-0.3, -0.25) is 14.5 Å². The zero-order valence-corrected chi connectivity index (χ0v) is 23.3. The maximum absolute atomic E-state index is 14.2. The van der Waals surface area contributed by atoms with Gasteiger partial charge < -0.3 is 28.8 Å². The van der Waals surface area contributed by atoms with Crippen LogP contribution in [-0.2, 0) is 22.6 Å². The third-order valence-corrected chi connectivity index (χ3v) is 8.66. The minimum atomic E-state index is -0.798. The molecule has 1 atom stereocenters. The fourth-order valence-corrected chi connectivity index (χ4v) is 6.45. The highest BCUT2D eigenvalue weighted by atomic mass is 32.1. The van der Waals surface area contributed by atoms with Gasteiger partial charge in [0.15, 0.2) is 17.3 Å². The first-order valence-electron chi connectivity index (χ1n) is 14.1. The van der Waals surface area contributed by atoms with Gasteiger partial charge in [-0.15, -0.1) is 11.3 Å². The van der Waals surface area contributed by atoms with Crippen molar-refractivity contribution >= 4 is 23.2 Å². The molecule has 1 aliphatic carbocycles. The molecule has 1 aromatic carbocycles. The summed E-state index contributed by atoms with van der Waals surface area (Å²) in [4.78, 5) is 32.8. The van der Waals surface area contributed by atoms with Gasteiger partial charge in [0, 0.05) is 30.6 Å². The number of ether oxygens (including phenoxy) is 3. The summed E-state index contributed by atoms with van der Waals surface area (Å²) in [5, 5.41) is 5.20. The van der Waals surface area contributed by atoms with Crippen molar-refractivity contribution in [3.63, 3.8) is 0 Å². The molecule has 212 valence electrons. The number of morpholine rings is 1. The van der Waals surface area contributed by atoms with Crippen molar-refractivity contribution in [2.24, 2.45) is 0 Å². The van der Waals surface area contributed by atoms with E-state index in [4.69, 9.17) is 18.6 Å². The SMILES string of the molecule is O=C(NC1CCCCC1)C(c1cccs1)N(Cc1ccc2c(c1)OCO2)C(=O)c1ccc(CN2CCOCC2)o1. The molecule has 2 fully saturated rings. The summed E-state index contributed by atoms with van der Waals surface area (Å²) in [7, 11) is 0. The number of furan rings is 1. The molecule has 1 unspecified atom stereocenters. The third kappa shape index (κ3) is 6.19. The van der Waals surface area contributed by atoms with E-state index in [0.29, 0.717) is 37.0 Å². The molecule has 40 heavy (non-hydrogen) atoms. The lowest BCUT2D eigenvalue weighted by atomic mass is 9.95. The second-order valence-electron chi connectivity index (χ2n) is 10.5. The van der Waals surface area contributed by atoms with E-state index in [1.54, 1.807) is 11.0 Å². The van der Waals surface area contributed by atoms with Gasteiger partial charge in [-0.2, -0.15) is 0 Å². The molecule has 3 aliphatic rings. The Morgan fingerprint density at radius 2 is 1.85 bits per heavy atom. The molecular formula is C30H35N3O6S. The Labute approximate surface area is 238 Å². The van der Waals surface area contributed by atoms with E-state index in [1.165, 1.54) is 17.8 Å². The van der Waals surface area contributed by atoms with Crippen molar-refractivity contribution in [2.45, 2.75) is 57.3 Å². The summed E-state index contributed by atoms with van der Waals surface area (Å²) >= 11 is 1.47. The minimum Gasteiger partial charge on any atom is -0.455 e. The fourth-order valence-electron chi connectivity index (χ4n) is 5.61. The Hall–Kier alpha value is -3.34. The second-order valence-corrected chi connectivity index (χ2v) is 11.5. The third-order valence-electron chi connectivity index (χ3n) is 7.73. The molecule has 1 saturated heterocycles. The first-order chi connectivity index (χ1) is 19.6. The Bertz CT molecular complexity index is 1300. The van der Waals surface area contributed by atoms with Crippen LogP contribution in [0.3, 0.4) is 0 Å². The highest BCUT2D eigenvalue weighted by Crippen LogP contribution is 2.35. The molecular weight excluding hydrogens is 530 g/mol. The van der Waals surface area contributed by atoms with Crippen LogP contribution in [0.1, 0.15) is 64.9 Å². The molecule has 9 nitrogen and oxygen atoms in total. The van der Waals surface area contributed by atoms with Crippen molar-refractivity contribution < 1.29 is 28.2 Å². The average molecular weight is 566 g/mol. The van der Waals surface area contributed by atoms with Gasteiger partial charge in [-0.1, -0.05) is 31.4 Å². The minimum absolute atomic E-state index is 0.120. The molecule has 4 heterocycles. The summed E-state index contributed by atoms with van der Waals surface area (Å²) in [5.41, 5.74) is 0.838. The maximum Gasteiger partial charge on any atom is 0.290 e. The predicted molar refractivity (Wildman–Crippen MR) is 149 cm³/mol. The Morgan fingerprint density at radius 3 is 2.65 bits per heavy atom. The first kappa shape index (κ1) is 26.9. The van der Waals surface area contributed by atoms with E-state index in [2.05, 4.69) is 10.2 Å². The van der Waals surface area contributed by atoms with Gasteiger partial charge >= 0.3 is 0 Å². The van der Waals surface area contributed by atoms with Gasteiger partial charge in [-0.05, 0) is 54.1 Å². The zero-order valence-electron chi connectivity index (χ0n) is 22.5. The number of hydrogen-bond acceptors (Lipinski definition) is 8. The normalized spacial score (nSPS) is 18.4. The lowest BCUT2D eigenvalue weighted by Gasteiger charge is -2.32. The standard InChI is InChI=1S/C30H35N3O6S/c34-29(31-22-5-2-1-3-6-22)28(27-7-4-16-40-27)33(18-21-8-10-24-26(17-21)38-20-37-24)30(35)25-11-9-23(39-25)19-32-12-14-36-15-13-32/h4,7-11,16-17,22,28H,1-3,5-6,12-15,18-20H2,(H,31,34). The molecule has 0 bridgehead atoms. The average Bonchev–Trinajstić information content (AvgIpc) is 3.76. The van der Waals surface area contributed by atoms with Crippen LogP contribution in [0, 0.1) is 0 Å². The molecule has 6 rings (SSSR count). The molecule has 2 aliphatic heterocycles. The van der Waals surface area contributed by atoms with Gasteiger partial charge in [0.05, 0.1) is 19.8 Å². The Kier molecular flexibility index (Phi) is 8.36. The molecule has 1 saturated carbocycles. The molecule has 10 heteroatoms. The number of rotatable bonds is 9. The van der Waals surface area contributed by atoms with Crippen molar-refractivity contribution in [2.75, 3.05) is 33.1 Å². The molecule has 3 aromatic rings. The van der Waals surface area contributed by atoms with Crippen LogP contribution in [0.15, 0.2) is 52.3 Å². The molecule has 0 spiro atoms. The lowest BCUT2D eigenvalue weighted by Crippen LogP contribution is -2.46. The van der Waals surface area contributed by atoms with Gasteiger partial charge in [0.25, 0.3) is 5.91 Å². The monoisotopic (exact) mass is 565 g/mol. The quantitative estimate of drug-likeness (QED) is 0.401. The lowest BCUT2D eigenvalue weighted by molar-refractivity contribution is -0.127. The molecule has 1 N–H and O–H groups in total. The maximum atomic E-state index is 14.2. The number of nitrogens with one attached hydrogen (secondary N) is 1. The van der Waals surface area contributed by atoms with E-state index >= 15 is 0 Å². The fraction of sp³-hybridized carbons (Fsp3) is 0.467. The number of thiophene rings is 1. The highest BCUT2D eigenvalue weighted by Gasteiger charge is 2.35. The van der Waals surface area contributed by atoms with Crippen LogP contribution in [0.4, 0.5) is 0 Å². The zero-order chi connectivity index (χ0) is 27.3. The van der Waals surface area contributed by atoms with Gasteiger partial charge in [-0.25, -0.2) is 0 Å². The largest absolute Gasteiger partial charge is 0.455 e. The summed E-state index contributed by atoms with van der Waals surface area (Å²) in [6, 6.07) is 12.3. The van der Waals surface area contributed by atoms with Crippen LogP contribution in [0.2, 0.25) is 0 Å². The van der Waals surface area contributed by atoms with Crippen molar-refractivity contribution in [3.8, 4) is 11.5 Å². The summed E-state index contributed by atoms with van der Waals surface area (Å²) in [5.74, 6) is 1.75. The number of carbonyl (C=O) groups is 2. The van der Waals surface area contributed by atoms with E-state index in [0.717, 1.165) is 49.2 Å². The second kappa shape index (κ2) is 12.4. The number of carbonyl (C=O) groups excluding carboxylic acids is 2. The van der Waals surface area contributed by atoms with Crippen LogP contribution >= 0.6 is 11.3 Å². The number of benzene rings is 1. The van der Waals surface area contributed by atoms with E-state index in [-0.39, 0.29) is 37.0 Å². The van der Waals surface area contributed by atoms with Crippen molar-refractivity contribution in [1.29, 1.82) is 0 Å².